The Morgan fingerprint density at radius 3 is 2.66 bits per heavy atom. The number of carbonyl (C=O) groups excluding carboxylic acids is 2. The van der Waals surface area contributed by atoms with Crippen molar-refractivity contribution in [1.82, 2.24) is 14.9 Å². The normalized spacial score (nSPS) is 15.8. The molecule has 1 N–H and O–H groups in total. The Kier molecular flexibility index (Phi) is 7.58. The van der Waals surface area contributed by atoms with Gasteiger partial charge in [0.05, 0.1) is 11.3 Å². The standard InChI is InChI=1S/C27H29F2N3O3/c1-17(2)25-24(27(34)30-16-18-7-4-3-5-8-18)31-26(21-12-11-19(28)15-22(21)29)32(25)14-13-20-9-6-10-23(33)35-20/h3-5,7-8,11-12,15,17,20H,6,9-10,13-14,16H2,1-2H3,(H,30,34). The van der Waals surface area contributed by atoms with E-state index in [1.807, 2.05) is 44.2 Å². The summed E-state index contributed by atoms with van der Waals surface area (Å²) in [6.07, 6.45) is 2.18. The largest absolute Gasteiger partial charge is 0.462 e. The molecule has 0 spiro atoms. The zero-order valence-corrected chi connectivity index (χ0v) is 19.9. The lowest BCUT2D eigenvalue weighted by Gasteiger charge is -2.23. The van der Waals surface area contributed by atoms with Crippen LogP contribution in [-0.4, -0.2) is 27.5 Å². The van der Waals surface area contributed by atoms with Crippen molar-refractivity contribution in [3.8, 4) is 11.4 Å². The SMILES string of the molecule is CC(C)c1c(C(=O)NCc2ccccc2)nc(-c2ccc(F)cc2F)n1CCC1CCCC(=O)O1. The fourth-order valence-corrected chi connectivity index (χ4v) is 4.44. The van der Waals surface area contributed by atoms with Crippen molar-refractivity contribution in [1.29, 1.82) is 0 Å². The summed E-state index contributed by atoms with van der Waals surface area (Å²) in [6.45, 7) is 4.57. The molecule has 1 amide bonds. The van der Waals surface area contributed by atoms with Crippen molar-refractivity contribution in [2.24, 2.45) is 0 Å². The van der Waals surface area contributed by atoms with E-state index in [1.54, 1.807) is 4.57 Å². The van der Waals surface area contributed by atoms with Gasteiger partial charge in [-0.2, -0.15) is 0 Å². The molecule has 0 radical (unpaired) electrons. The van der Waals surface area contributed by atoms with Crippen LogP contribution in [-0.2, 0) is 22.6 Å². The van der Waals surface area contributed by atoms with Crippen LogP contribution in [0, 0.1) is 11.6 Å². The van der Waals surface area contributed by atoms with Gasteiger partial charge in [-0.1, -0.05) is 44.2 Å². The summed E-state index contributed by atoms with van der Waals surface area (Å²) in [6, 6.07) is 12.8. The van der Waals surface area contributed by atoms with Crippen LogP contribution in [0.1, 0.15) is 67.2 Å². The van der Waals surface area contributed by atoms with Gasteiger partial charge in [0, 0.05) is 32.0 Å². The average molecular weight is 482 g/mol. The Morgan fingerprint density at radius 2 is 1.97 bits per heavy atom. The molecular weight excluding hydrogens is 452 g/mol. The number of nitrogens with zero attached hydrogens (tertiary/aromatic N) is 2. The lowest BCUT2D eigenvalue weighted by molar-refractivity contribution is -0.154. The molecule has 2 aromatic carbocycles. The number of rotatable bonds is 8. The third kappa shape index (κ3) is 5.75. The number of esters is 1. The van der Waals surface area contributed by atoms with Gasteiger partial charge in [-0.25, -0.2) is 13.8 Å². The van der Waals surface area contributed by atoms with Crippen LogP contribution < -0.4 is 5.32 Å². The zero-order chi connectivity index (χ0) is 24.9. The fourth-order valence-electron chi connectivity index (χ4n) is 4.44. The molecule has 2 heterocycles. The number of halogens is 2. The number of nitrogens with one attached hydrogen (secondary N) is 1. The number of carbonyl (C=O) groups is 2. The highest BCUT2D eigenvalue weighted by Gasteiger charge is 2.28. The minimum Gasteiger partial charge on any atom is -0.462 e. The third-order valence-electron chi connectivity index (χ3n) is 6.12. The summed E-state index contributed by atoms with van der Waals surface area (Å²) in [4.78, 5) is 29.5. The van der Waals surface area contributed by atoms with Crippen LogP contribution in [0.3, 0.4) is 0 Å². The lowest BCUT2D eigenvalue weighted by Crippen LogP contribution is -2.26. The first-order valence-electron chi connectivity index (χ1n) is 11.9. The molecule has 0 aliphatic carbocycles. The number of imidazole rings is 1. The van der Waals surface area contributed by atoms with Gasteiger partial charge < -0.3 is 14.6 Å². The van der Waals surface area contributed by atoms with Crippen molar-refractivity contribution >= 4 is 11.9 Å². The molecule has 1 unspecified atom stereocenters. The first-order valence-corrected chi connectivity index (χ1v) is 11.9. The molecule has 3 aromatic rings. The van der Waals surface area contributed by atoms with Gasteiger partial charge in [-0.05, 0) is 36.5 Å². The number of hydrogen-bond donors (Lipinski definition) is 1. The highest BCUT2D eigenvalue weighted by molar-refractivity contribution is 5.94. The number of aromatic nitrogens is 2. The van der Waals surface area contributed by atoms with E-state index in [2.05, 4.69) is 10.3 Å². The number of ether oxygens (including phenoxy) is 1. The van der Waals surface area contributed by atoms with Crippen LogP contribution in [0.4, 0.5) is 8.78 Å². The van der Waals surface area contributed by atoms with E-state index >= 15 is 0 Å². The van der Waals surface area contributed by atoms with Crippen LogP contribution in [0.5, 0.6) is 0 Å². The second-order valence-electron chi connectivity index (χ2n) is 9.06. The second-order valence-corrected chi connectivity index (χ2v) is 9.06. The summed E-state index contributed by atoms with van der Waals surface area (Å²) < 4.78 is 35.7. The molecule has 4 rings (SSSR count). The maximum Gasteiger partial charge on any atom is 0.306 e. The van der Waals surface area contributed by atoms with Gasteiger partial charge in [0.25, 0.3) is 5.91 Å². The van der Waals surface area contributed by atoms with E-state index < -0.39 is 11.6 Å². The molecule has 1 saturated heterocycles. The molecule has 6 nitrogen and oxygen atoms in total. The van der Waals surface area contributed by atoms with Crippen molar-refractivity contribution in [2.75, 3.05) is 0 Å². The molecule has 1 atom stereocenters. The number of amides is 1. The van der Waals surface area contributed by atoms with Crippen molar-refractivity contribution in [3.63, 3.8) is 0 Å². The molecule has 35 heavy (non-hydrogen) atoms. The lowest BCUT2D eigenvalue weighted by atomic mass is 10.0. The quantitative estimate of drug-likeness (QED) is 0.439. The van der Waals surface area contributed by atoms with Gasteiger partial charge in [-0.3, -0.25) is 9.59 Å². The second kappa shape index (κ2) is 10.8. The molecule has 1 aromatic heterocycles. The Balaban J connectivity index is 1.70. The first-order chi connectivity index (χ1) is 16.8. The highest BCUT2D eigenvalue weighted by Crippen LogP contribution is 2.31. The predicted octanol–water partition coefficient (Wildman–Crippen LogP) is 5.37. The minimum absolute atomic E-state index is 0.105. The van der Waals surface area contributed by atoms with E-state index in [0.29, 0.717) is 31.6 Å². The molecule has 0 saturated carbocycles. The van der Waals surface area contributed by atoms with E-state index in [9.17, 15) is 18.4 Å². The number of benzene rings is 2. The van der Waals surface area contributed by atoms with E-state index in [1.165, 1.54) is 12.1 Å². The van der Waals surface area contributed by atoms with Gasteiger partial charge >= 0.3 is 5.97 Å². The molecular formula is C27H29F2N3O3. The van der Waals surface area contributed by atoms with Gasteiger partial charge in [-0.15, -0.1) is 0 Å². The Morgan fingerprint density at radius 1 is 1.20 bits per heavy atom. The Bertz CT molecular complexity index is 1210. The van der Waals surface area contributed by atoms with Gasteiger partial charge in [0.1, 0.15) is 29.3 Å². The summed E-state index contributed by atoms with van der Waals surface area (Å²) in [5.41, 5.74) is 1.90. The number of cyclic esters (lactones) is 1. The maximum absolute atomic E-state index is 14.8. The van der Waals surface area contributed by atoms with Crippen LogP contribution >= 0.6 is 0 Å². The van der Waals surface area contributed by atoms with Gasteiger partial charge in [0.15, 0.2) is 0 Å². The van der Waals surface area contributed by atoms with E-state index in [0.717, 1.165) is 24.5 Å². The van der Waals surface area contributed by atoms with Crippen LogP contribution in [0.25, 0.3) is 11.4 Å². The van der Waals surface area contributed by atoms with E-state index in [4.69, 9.17) is 4.74 Å². The summed E-state index contributed by atoms with van der Waals surface area (Å²) in [5, 5.41) is 2.90. The van der Waals surface area contributed by atoms with Crippen LogP contribution in [0.15, 0.2) is 48.5 Å². The van der Waals surface area contributed by atoms with Crippen molar-refractivity contribution in [3.05, 3.63) is 77.1 Å². The smallest absolute Gasteiger partial charge is 0.306 e. The number of hydrogen-bond acceptors (Lipinski definition) is 4. The molecule has 184 valence electrons. The highest BCUT2D eigenvalue weighted by atomic mass is 19.1. The fraction of sp³-hybridized carbons (Fsp3) is 0.370. The summed E-state index contributed by atoms with van der Waals surface area (Å²) in [7, 11) is 0. The summed E-state index contributed by atoms with van der Waals surface area (Å²) >= 11 is 0. The maximum atomic E-state index is 14.8. The minimum atomic E-state index is -0.758. The average Bonchev–Trinajstić information content (AvgIpc) is 3.21. The Labute approximate surface area is 203 Å². The van der Waals surface area contributed by atoms with Crippen molar-refractivity contribution in [2.45, 2.75) is 64.6 Å². The molecule has 1 aliphatic heterocycles. The van der Waals surface area contributed by atoms with Crippen LogP contribution in [0.2, 0.25) is 0 Å². The predicted molar refractivity (Wildman–Crippen MR) is 128 cm³/mol. The summed E-state index contributed by atoms with van der Waals surface area (Å²) in [5.74, 6) is -1.90. The molecule has 1 aliphatic rings. The van der Waals surface area contributed by atoms with Crippen molar-refractivity contribution < 1.29 is 23.1 Å². The van der Waals surface area contributed by atoms with Gasteiger partial charge in [0.2, 0.25) is 0 Å². The molecule has 1 fully saturated rings. The van der Waals surface area contributed by atoms with E-state index in [-0.39, 0.29) is 41.0 Å². The topological polar surface area (TPSA) is 73.2 Å². The first kappa shape index (κ1) is 24.6. The monoisotopic (exact) mass is 481 g/mol. The zero-order valence-electron chi connectivity index (χ0n) is 19.9. The third-order valence-corrected chi connectivity index (χ3v) is 6.12. The molecule has 0 bridgehead atoms. The Hall–Kier alpha value is -3.55. The molecule has 8 heteroatoms.